The number of para-hydroxylation sites is 1. The zero-order valence-electron chi connectivity index (χ0n) is 15.7. The van der Waals surface area contributed by atoms with Crippen LogP contribution in [0, 0.1) is 4.64 Å². The molecule has 142 valence electrons. The molecule has 0 atom stereocenters. The van der Waals surface area contributed by atoms with Gasteiger partial charge in [-0.25, -0.2) is 9.38 Å². The van der Waals surface area contributed by atoms with Gasteiger partial charge >= 0.3 is 0 Å². The van der Waals surface area contributed by atoms with E-state index in [9.17, 15) is 0 Å². The minimum Gasteiger partial charge on any atom is -0.250 e. The van der Waals surface area contributed by atoms with Crippen LogP contribution in [0.5, 0.6) is 0 Å². The SMILES string of the molecule is S=c1c2c3c(sc2nc2n(-c4ccccc4)nc(-c4ccccc4)n12)CCCC3. The van der Waals surface area contributed by atoms with Gasteiger partial charge < -0.3 is 0 Å². The van der Waals surface area contributed by atoms with E-state index in [1.54, 1.807) is 11.3 Å². The predicted octanol–water partition coefficient (Wildman–Crippen LogP) is 6.01. The standard InChI is InChI=1S/C23H18N4S2/c28-22-19-17-13-7-8-14-18(17)29-21(19)24-23-26(22)20(15-9-3-1-4-10-15)25-27(23)16-11-5-2-6-12-16/h1-6,9-12H,7-8,13-14H2. The second kappa shape index (κ2) is 6.61. The van der Waals surface area contributed by atoms with Gasteiger partial charge in [-0.15, -0.1) is 16.4 Å². The molecule has 0 radical (unpaired) electrons. The van der Waals surface area contributed by atoms with Crippen LogP contribution >= 0.6 is 23.6 Å². The number of aromatic nitrogens is 4. The molecule has 3 heterocycles. The van der Waals surface area contributed by atoms with Crippen LogP contribution in [0.1, 0.15) is 23.3 Å². The Bertz CT molecular complexity index is 1410. The maximum absolute atomic E-state index is 6.06. The fourth-order valence-corrected chi connectivity index (χ4v) is 5.94. The number of nitrogens with zero attached hydrogens (tertiary/aromatic N) is 4. The molecule has 0 spiro atoms. The summed E-state index contributed by atoms with van der Waals surface area (Å²) in [5.41, 5.74) is 3.43. The molecule has 1 aliphatic carbocycles. The predicted molar refractivity (Wildman–Crippen MR) is 121 cm³/mol. The van der Waals surface area contributed by atoms with E-state index in [4.69, 9.17) is 22.3 Å². The van der Waals surface area contributed by atoms with Crippen molar-refractivity contribution in [1.29, 1.82) is 0 Å². The van der Waals surface area contributed by atoms with Crippen LogP contribution in [0.4, 0.5) is 0 Å². The van der Waals surface area contributed by atoms with Crippen LogP contribution in [0.3, 0.4) is 0 Å². The van der Waals surface area contributed by atoms with E-state index >= 15 is 0 Å². The van der Waals surface area contributed by atoms with Gasteiger partial charge in [-0.05, 0) is 43.4 Å². The molecule has 0 fully saturated rings. The first kappa shape index (κ1) is 17.1. The molecular weight excluding hydrogens is 396 g/mol. The minimum absolute atomic E-state index is 0.770. The normalized spacial score (nSPS) is 13.8. The highest BCUT2D eigenvalue weighted by molar-refractivity contribution is 7.71. The lowest BCUT2D eigenvalue weighted by atomic mass is 9.97. The van der Waals surface area contributed by atoms with E-state index in [-0.39, 0.29) is 0 Å². The van der Waals surface area contributed by atoms with Crippen LogP contribution in [0.15, 0.2) is 60.7 Å². The number of aryl methyl sites for hydroxylation is 2. The summed E-state index contributed by atoms with van der Waals surface area (Å²) in [5.74, 6) is 1.60. The number of rotatable bonds is 2. The van der Waals surface area contributed by atoms with E-state index in [0.717, 1.165) is 50.6 Å². The van der Waals surface area contributed by atoms with Gasteiger partial charge in [-0.3, -0.25) is 0 Å². The number of benzene rings is 2. The molecule has 0 N–H and O–H groups in total. The maximum Gasteiger partial charge on any atom is 0.239 e. The van der Waals surface area contributed by atoms with Gasteiger partial charge in [0.25, 0.3) is 0 Å². The van der Waals surface area contributed by atoms with Gasteiger partial charge in [0.1, 0.15) is 9.47 Å². The molecule has 0 amide bonds. The average Bonchev–Trinajstić information content (AvgIpc) is 3.34. The third kappa shape index (κ3) is 2.59. The monoisotopic (exact) mass is 414 g/mol. The van der Waals surface area contributed by atoms with Crippen molar-refractivity contribution in [2.45, 2.75) is 25.7 Å². The van der Waals surface area contributed by atoms with Gasteiger partial charge in [0, 0.05) is 10.4 Å². The van der Waals surface area contributed by atoms with Crippen molar-refractivity contribution < 1.29 is 0 Å². The summed E-state index contributed by atoms with van der Waals surface area (Å²) in [6.07, 6.45) is 4.72. The van der Waals surface area contributed by atoms with E-state index < -0.39 is 0 Å². The molecule has 29 heavy (non-hydrogen) atoms. The van der Waals surface area contributed by atoms with Crippen molar-refractivity contribution in [1.82, 2.24) is 19.2 Å². The lowest BCUT2D eigenvalue weighted by Gasteiger charge is -2.10. The van der Waals surface area contributed by atoms with Gasteiger partial charge in [-0.1, -0.05) is 60.7 Å². The summed E-state index contributed by atoms with van der Waals surface area (Å²) in [4.78, 5) is 7.58. The average molecular weight is 415 g/mol. The third-order valence-electron chi connectivity index (χ3n) is 5.60. The molecule has 0 saturated carbocycles. The number of thiophene rings is 1. The number of fused-ring (bicyclic) bond motifs is 4. The van der Waals surface area contributed by atoms with Crippen LogP contribution in [-0.4, -0.2) is 19.2 Å². The molecule has 0 saturated heterocycles. The van der Waals surface area contributed by atoms with E-state index in [0.29, 0.717) is 0 Å². The fraction of sp³-hybridized carbons (Fsp3) is 0.174. The Morgan fingerprint density at radius 2 is 1.62 bits per heavy atom. The summed E-state index contributed by atoms with van der Waals surface area (Å²) in [7, 11) is 0. The highest BCUT2D eigenvalue weighted by Gasteiger charge is 2.22. The second-order valence-electron chi connectivity index (χ2n) is 7.38. The van der Waals surface area contributed by atoms with Gasteiger partial charge in [0.15, 0.2) is 5.82 Å². The lowest BCUT2D eigenvalue weighted by Crippen LogP contribution is -2.01. The van der Waals surface area contributed by atoms with Crippen molar-refractivity contribution >= 4 is 39.5 Å². The molecule has 4 nitrogen and oxygen atoms in total. The highest BCUT2D eigenvalue weighted by Crippen LogP contribution is 2.37. The van der Waals surface area contributed by atoms with Crippen LogP contribution < -0.4 is 0 Å². The summed E-state index contributed by atoms with van der Waals surface area (Å²) in [6, 6.07) is 20.4. The molecule has 2 aromatic carbocycles. The molecule has 0 unspecified atom stereocenters. The molecule has 3 aromatic heterocycles. The Balaban J connectivity index is 1.76. The maximum atomic E-state index is 6.06. The van der Waals surface area contributed by atoms with E-state index in [1.807, 2.05) is 41.1 Å². The van der Waals surface area contributed by atoms with Gasteiger partial charge in [0.2, 0.25) is 5.78 Å². The summed E-state index contributed by atoms with van der Waals surface area (Å²) in [6.45, 7) is 0. The quantitative estimate of drug-likeness (QED) is 0.332. The first-order valence-electron chi connectivity index (χ1n) is 9.88. The fourth-order valence-electron chi connectivity index (χ4n) is 4.23. The van der Waals surface area contributed by atoms with Crippen molar-refractivity contribution in [2.24, 2.45) is 0 Å². The van der Waals surface area contributed by atoms with Gasteiger partial charge in [-0.2, -0.15) is 4.68 Å². The third-order valence-corrected chi connectivity index (χ3v) is 7.17. The Hall–Kier alpha value is -2.83. The van der Waals surface area contributed by atoms with Crippen LogP contribution in [0.25, 0.3) is 33.1 Å². The molecule has 0 bridgehead atoms. The highest BCUT2D eigenvalue weighted by atomic mass is 32.1. The van der Waals surface area contributed by atoms with Crippen molar-refractivity contribution in [3.63, 3.8) is 0 Å². The number of hydrogen-bond donors (Lipinski definition) is 0. The number of hydrogen-bond acceptors (Lipinski definition) is 4. The molecular formula is C23H18N4S2. The summed E-state index contributed by atoms with van der Waals surface area (Å²) < 4.78 is 4.79. The molecule has 0 aliphatic heterocycles. The summed E-state index contributed by atoms with van der Waals surface area (Å²) in [5, 5.41) is 6.12. The minimum atomic E-state index is 0.770. The van der Waals surface area contributed by atoms with Crippen molar-refractivity contribution in [3.05, 3.63) is 75.7 Å². The van der Waals surface area contributed by atoms with Crippen molar-refractivity contribution in [2.75, 3.05) is 0 Å². The van der Waals surface area contributed by atoms with Gasteiger partial charge in [0.05, 0.1) is 11.1 Å². The Morgan fingerprint density at radius 1 is 0.897 bits per heavy atom. The van der Waals surface area contributed by atoms with Crippen LogP contribution in [-0.2, 0) is 12.8 Å². The second-order valence-corrected chi connectivity index (χ2v) is 8.85. The zero-order valence-corrected chi connectivity index (χ0v) is 17.3. The van der Waals surface area contributed by atoms with Crippen molar-refractivity contribution in [3.8, 4) is 17.1 Å². The lowest BCUT2D eigenvalue weighted by molar-refractivity contribution is 0.700. The molecule has 6 heteroatoms. The van der Waals surface area contributed by atoms with E-state index in [1.165, 1.54) is 23.3 Å². The zero-order chi connectivity index (χ0) is 19.4. The summed E-state index contributed by atoms with van der Waals surface area (Å²) >= 11 is 7.87. The first-order chi connectivity index (χ1) is 14.3. The van der Waals surface area contributed by atoms with E-state index in [2.05, 4.69) is 28.7 Å². The molecule has 5 aromatic rings. The largest absolute Gasteiger partial charge is 0.250 e. The topological polar surface area (TPSA) is 35.1 Å². The smallest absolute Gasteiger partial charge is 0.239 e. The van der Waals surface area contributed by atoms with Crippen LogP contribution in [0.2, 0.25) is 0 Å². The Labute approximate surface area is 177 Å². The Kier molecular flexibility index (Phi) is 3.89. The Morgan fingerprint density at radius 3 is 2.41 bits per heavy atom. The molecule has 6 rings (SSSR count). The molecule has 1 aliphatic rings. The first-order valence-corrected chi connectivity index (χ1v) is 11.1.